The first-order valence-electron chi connectivity index (χ1n) is 9.44. The standard InChI is InChI=1S/C22H27BO4/c1-21(2)22(3,4)27-23(26-21)19(16-15-17-11-7-5-8-12-17)25-20(24)18-13-9-6-10-14-18/h5-14,19H,15-16H2,1-4H3. The summed E-state index contributed by atoms with van der Waals surface area (Å²) in [4.78, 5) is 12.6. The Morgan fingerprint density at radius 3 is 2.00 bits per heavy atom. The number of ether oxygens (including phenoxy) is 1. The normalized spacial score (nSPS) is 18.9. The van der Waals surface area contributed by atoms with Gasteiger partial charge in [-0.1, -0.05) is 48.5 Å². The average Bonchev–Trinajstić information content (AvgIpc) is 2.87. The Kier molecular flexibility index (Phi) is 5.73. The van der Waals surface area contributed by atoms with Gasteiger partial charge in [-0.05, 0) is 58.2 Å². The second-order valence-corrected chi connectivity index (χ2v) is 7.96. The molecule has 1 atom stereocenters. The lowest BCUT2D eigenvalue weighted by Gasteiger charge is -2.32. The third kappa shape index (κ3) is 4.60. The monoisotopic (exact) mass is 366 g/mol. The largest absolute Gasteiger partial charge is 0.501 e. The fourth-order valence-electron chi connectivity index (χ4n) is 3.02. The van der Waals surface area contributed by atoms with Crippen molar-refractivity contribution in [3.8, 4) is 0 Å². The van der Waals surface area contributed by atoms with Gasteiger partial charge in [0.05, 0.1) is 16.8 Å². The van der Waals surface area contributed by atoms with E-state index < -0.39 is 24.3 Å². The van der Waals surface area contributed by atoms with Crippen LogP contribution in [0.25, 0.3) is 0 Å². The van der Waals surface area contributed by atoms with Crippen LogP contribution >= 0.6 is 0 Å². The molecule has 142 valence electrons. The maximum Gasteiger partial charge on any atom is 0.501 e. The molecule has 1 aliphatic heterocycles. The Hall–Kier alpha value is -2.11. The lowest BCUT2D eigenvalue weighted by Crippen LogP contribution is -2.41. The molecule has 0 spiro atoms. The van der Waals surface area contributed by atoms with Crippen molar-refractivity contribution in [1.29, 1.82) is 0 Å². The van der Waals surface area contributed by atoms with Crippen molar-refractivity contribution in [2.24, 2.45) is 0 Å². The van der Waals surface area contributed by atoms with Crippen molar-refractivity contribution in [3.63, 3.8) is 0 Å². The topological polar surface area (TPSA) is 44.8 Å². The summed E-state index contributed by atoms with van der Waals surface area (Å²) in [5.74, 6) is -0.358. The Balaban J connectivity index is 1.75. The molecular formula is C22H27BO4. The fraction of sp³-hybridized carbons (Fsp3) is 0.409. The molecule has 0 amide bonds. The molecule has 0 N–H and O–H groups in total. The first-order chi connectivity index (χ1) is 12.8. The minimum absolute atomic E-state index is 0.358. The van der Waals surface area contributed by atoms with Crippen molar-refractivity contribution < 1.29 is 18.8 Å². The van der Waals surface area contributed by atoms with Crippen LogP contribution in [0.1, 0.15) is 50.0 Å². The van der Waals surface area contributed by atoms with Gasteiger partial charge in [0.25, 0.3) is 0 Å². The van der Waals surface area contributed by atoms with Crippen LogP contribution in [-0.2, 0) is 20.5 Å². The van der Waals surface area contributed by atoms with E-state index in [9.17, 15) is 4.79 Å². The highest BCUT2D eigenvalue weighted by molar-refractivity contribution is 6.47. The van der Waals surface area contributed by atoms with Gasteiger partial charge in [-0.25, -0.2) is 4.79 Å². The minimum Gasteiger partial charge on any atom is -0.461 e. The van der Waals surface area contributed by atoms with Crippen LogP contribution in [0.15, 0.2) is 60.7 Å². The summed E-state index contributed by atoms with van der Waals surface area (Å²) < 4.78 is 18.1. The number of rotatable bonds is 6. The molecule has 1 aliphatic rings. The van der Waals surface area contributed by atoms with Crippen LogP contribution in [-0.4, -0.2) is 30.3 Å². The molecule has 27 heavy (non-hydrogen) atoms. The Bertz CT molecular complexity index is 742. The Morgan fingerprint density at radius 1 is 0.926 bits per heavy atom. The number of benzene rings is 2. The smallest absolute Gasteiger partial charge is 0.461 e. The highest BCUT2D eigenvalue weighted by Gasteiger charge is 2.54. The third-order valence-corrected chi connectivity index (χ3v) is 5.40. The van der Waals surface area contributed by atoms with Crippen molar-refractivity contribution in [2.45, 2.75) is 57.7 Å². The molecule has 1 unspecified atom stereocenters. The number of hydrogen-bond acceptors (Lipinski definition) is 4. The number of carbonyl (C=O) groups is 1. The fourth-order valence-corrected chi connectivity index (χ4v) is 3.02. The van der Waals surface area contributed by atoms with Crippen LogP contribution in [0.2, 0.25) is 0 Å². The molecule has 0 bridgehead atoms. The van der Waals surface area contributed by atoms with E-state index >= 15 is 0 Å². The number of esters is 1. The zero-order chi connectivity index (χ0) is 19.5. The molecule has 0 saturated carbocycles. The van der Waals surface area contributed by atoms with Gasteiger partial charge in [-0.2, -0.15) is 0 Å². The van der Waals surface area contributed by atoms with E-state index in [2.05, 4.69) is 12.1 Å². The van der Waals surface area contributed by atoms with Crippen molar-refractivity contribution in [1.82, 2.24) is 0 Å². The second-order valence-electron chi connectivity index (χ2n) is 7.96. The summed E-state index contributed by atoms with van der Waals surface area (Å²) >= 11 is 0. The summed E-state index contributed by atoms with van der Waals surface area (Å²) in [6.45, 7) is 8.00. The molecular weight excluding hydrogens is 339 g/mol. The summed E-state index contributed by atoms with van der Waals surface area (Å²) in [5, 5.41) is 0. The highest BCUT2D eigenvalue weighted by Crippen LogP contribution is 2.38. The van der Waals surface area contributed by atoms with Gasteiger partial charge in [-0.15, -0.1) is 0 Å². The maximum absolute atomic E-state index is 12.6. The van der Waals surface area contributed by atoms with Crippen LogP contribution in [0.5, 0.6) is 0 Å². The minimum atomic E-state index is -0.591. The number of aryl methyl sites for hydroxylation is 1. The van der Waals surface area contributed by atoms with Gasteiger partial charge in [-0.3, -0.25) is 0 Å². The van der Waals surface area contributed by atoms with Gasteiger partial charge < -0.3 is 14.0 Å². The summed E-state index contributed by atoms with van der Waals surface area (Å²) in [7, 11) is -0.591. The SMILES string of the molecule is CC1(C)OB(C(CCc2ccccc2)OC(=O)c2ccccc2)OC1(C)C. The van der Waals surface area contributed by atoms with E-state index in [1.807, 2.05) is 64.1 Å². The molecule has 0 radical (unpaired) electrons. The maximum atomic E-state index is 12.6. The Morgan fingerprint density at radius 2 is 1.44 bits per heavy atom. The van der Waals surface area contributed by atoms with Gasteiger partial charge >= 0.3 is 13.1 Å². The first-order valence-corrected chi connectivity index (χ1v) is 9.44. The van der Waals surface area contributed by atoms with Gasteiger partial charge in [0.1, 0.15) is 6.00 Å². The van der Waals surface area contributed by atoms with E-state index in [4.69, 9.17) is 14.0 Å². The summed E-state index contributed by atoms with van der Waals surface area (Å²) in [5.41, 5.74) is 0.775. The van der Waals surface area contributed by atoms with E-state index in [1.165, 1.54) is 5.56 Å². The van der Waals surface area contributed by atoms with Crippen LogP contribution in [0, 0.1) is 0 Å². The lowest BCUT2D eigenvalue weighted by atomic mass is 9.77. The number of hydrogen-bond donors (Lipinski definition) is 0. The molecule has 3 rings (SSSR count). The average molecular weight is 366 g/mol. The molecule has 1 fully saturated rings. The summed E-state index contributed by atoms with van der Waals surface area (Å²) in [6, 6.07) is 18.7. The van der Waals surface area contributed by atoms with Crippen molar-refractivity contribution in [3.05, 3.63) is 71.8 Å². The molecule has 4 nitrogen and oxygen atoms in total. The molecule has 1 saturated heterocycles. The van der Waals surface area contributed by atoms with E-state index in [-0.39, 0.29) is 5.97 Å². The lowest BCUT2D eigenvalue weighted by molar-refractivity contribution is 0.00578. The highest BCUT2D eigenvalue weighted by atomic mass is 16.7. The quantitative estimate of drug-likeness (QED) is 0.559. The zero-order valence-electron chi connectivity index (χ0n) is 16.5. The van der Waals surface area contributed by atoms with E-state index in [0.717, 1.165) is 6.42 Å². The van der Waals surface area contributed by atoms with Gasteiger partial charge in [0, 0.05) is 0 Å². The van der Waals surface area contributed by atoms with E-state index in [1.54, 1.807) is 12.1 Å². The van der Waals surface area contributed by atoms with E-state index in [0.29, 0.717) is 12.0 Å². The molecule has 5 heteroatoms. The Labute approximate surface area is 162 Å². The van der Waals surface area contributed by atoms with Gasteiger partial charge in [0.2, 0.25) is 0 Å². The predicted octanol–water partition coefficient (Wildman–Crippen LogP) is 4.48. The summed E-state index contributed by atoms with van der Waals surface area (Å²) in [6.07, 6.45) is 1.40. The van der Waals surface area contributed by atoms with Gasteiger partial charge in [0.15, 0.2) is 0 Å². The molecule has 0 aliphatic carbocycles. The van der Waals surface area contributed by atoms with Crippen LogP contribution in [0.3, 0.4) is 0 Å². The van der Waals surface area contributed by atoms with Crippen molar-refractivity contribution in [2.75, 3.05) is 0 Å². The third-order valence-electron chi connectivity index (χ3n) is 5.40. The second kappa shape index (κ2) is 7.87. The predicted molar refractivity (Wildman–Crippen MR) is 106 cm³/mol. The molecule has 2 aromatic rings. The van der Waals surface area contributed by atoms with Crippen LogP contribution in [0.4, 0.5) is 0 Å². The van der Waals surface area contributed by atoms with Crippen LogP contribution < -0.4 is 0 Å². The first kappa shape index (κ1) is 19.7. The zero-order valence-corrected chi connectivity index (χ0v) is 16.5. The molecule has 2 aromatic carbocycles. The van der Waals surface area contributed by atoms with Crippen molar-refractivity contribution >= 4 is 13.1 Å². The number of carbonyl (C=O) groups excluding carboxylic acids is 1. The molecule has 1 heterocycles. The molecule has 0 aromatic heterocycles.